The molecule has 17 heavy (non-hydrogen) atoms. The third-order valence-corrected chi connectivity index (χ3v) is 3.79. The van der Waals surface area contributed by atoms with Gasteiger partial charge in [-0.1, -0.05) is 6.42 Å². The molecule has 1 saturated carbocycles. The van der Waals surface area contributed by atoms with Crippen molar-refractivity contribution in [3.63, 3.8) is 0 Å². The Morgan fingerprint density at radius 3 is 2.59 bits per heavy atom. The van der Waals surface area contributed by atoms with Gasteiger partial charge in [-0.3, -0.25) is 0 Å². The van der Waals surface area contributed by atoms with Crippen molar-refractivity contribution in [2.75, 3.05) is 25.5 Å². The van der Waals surface area contributed by atoms with Crippen molar-refractivity contribution in [2.24, 2.45) is 5.41 Å². The predicted octanol–water partition coefficient (Wildman–Crippen LogP) is 2.94. The normalized spacial score (nSPS) is 17.6. The van der Waals surface area contributed by atoms with Gasteiger partial charge in [-0.15, -0.1) is 0 Å². The van der Waals surface area contributed by atoms with Crippen LogP contribution in [0.5, 0.6) is 0 Å². The number of anilines is 1. The Hall–Kier alpha value is -1.09. The van der Waals surface area contributed by atoms with Crippen molar-refractivity contribution in [1.29, 1.82) is 0 Å². The predicted molar refractivity (Wildman–Crippen MR) is 69.8 cm³/mol. The highest BCUT2D eigenvalue weighted by Crippen LogP contribution is 2.40. The molecule has 0 atom stereocenters. The number of rotatable bonds is 5. The first-order chi connectivity index (χ1) is 8.15. The van der Waals surface area contributed by atoms with E-state index >= 15 is 0 Å². The Morgan fingerprint density at radius 2 is 2.06 bits per heavy atom. The molecule has 2 rings (SSSR count). The summed E-state index contributed by atoms with van der Waals surface area (Å²) in [5, 5.41) is 6.70. The van der Waals surface area contributed by atoms with Gasteiger partial charge in [0.1, 0.15) is 5.82 Å². The Bertz CT molecular complexity index is 386. The average molecular weight is 236 g/mol. The van der Waals surface area contributed by atoms with E-state index in [1.54, 1.807) is 6.92 Å². The largest absolute Gasteiger partial charge is 0.384 e. The second kappa shape index (κ2) is 5.05. The van der Waals surface area contributed by atoms with Gasteiger partial charge in [-0.05, 0) is 50.6 Å². The van der Waals surface area contributed by atoms with E-state index in [1.165, 1.54) is 25.3 Å². The van der Waals surface area contributed by atoms with Crippen molar-refractivity contribution < 1.29 is 4.39 Å². The topological polar surface area (TPSA) is 24.1 Å². The lowest BCUT2D eigenvalue weighted by molar-refractivity contribution is 0.151. The Labute approximate surface area is 103 Å². The number of aryl methyl sites for hydroxylation is 1. The van der Waals surface area contributed by atoms with Gasteiger partial charge in [0.05, 0.1) is 0 Å². The van der Waals surface area contributed by atoms with Gasteiger partial charge in [-0.25, -0.2) is 4.39 Å². The maximum Gasteiger partial charge on any atom is 0.126 e. The highest BCUT2D eigenvalue weighted by molar-refractivity contribution is 5.46. The summed E-state index contributed by atoms with van der Waals surface area (Å²) in [4.78, 5) is 0. The van der Waals surface area contributed by atoms with Crippen LogP contribution in [-0.2, 0) is 0 Å². The first kappa shape index (κ1) is 12.4. The lowest BCUT2D eigenvalue weighted by atomic mass is 9.68. The van der Waals surface area contributed by atoms with E-state index in [0.29, 0.717) is 11.0 Å². The molecule has 0 saturated heterocycles. The van der Waals surface area contributed by atoms with Crippen LogP contribution in [0, 0.1) is 18.2 Å². The van der Waals surface area contributed by atoms with Crippen LogP contribution in [0.1, 0.15) is 24.8 Å². The summed E-state index contributed by atoms with van der Waals surface area (Å²) in [6, 6.07) is 5.22. The van der Waals surface area contributed by atoms with Gasteiger partial charge >= 0.3 is 0 Å². The van der Waals surface area contributed by atoms with Gasteiger partial charge < -0.3 is 10.6 Å². The minimum atomic E-state index is -0.135. The van der Waals surface area contributed by atoms with Crippen molar-refractivity contribution in [1.82, 2.24) is 5.32 Å². The van der Waals surface area contributed by atoms with Crippen LogP contribution in [0.3, 0.4) is 0 Å². The quantitative estimate of drug-likeness (QED) is 0.821. The fourth-order valence-electron chi connectivity index (χ4n) is 2.51. The van der Waals surface area contributed by atoms with E-state index in [-0.39, 0.29) is 5.82 Å². The van der Waals surface area contributed by atoms with E-state index in [4.69, 9.17) is 0 Å². The standard InChI is InChI=1S/C14H21FN2/c1-11-8-12(4-5-13(11)15)17-10-14(9-16-2)6-3-7-14/h4-5,8,16-17H,3,6-7,9-10H2,1-2H3. The molecular formula is C14H21FN2. The second-order valence-electron chi connectivity index (χ2n) is 5.20. The second-order valence-corrected chi connectivity index (χ2v) is 5.20. The number of halogens is 1. The smallest absolute Gasteiger partial charge is 0.126 e. The Kier molecular flexibility index (Phi) is 3.67. The molecule has 1 fully saturated rings. The number of hydrogen-bond acceptors (Lipinski definition) is 2. The van der Waals surface area contributed by atoms with Crippen LogP contribution < -0.4 is 10.6 Å². The summed E-state index contributed by atoms with van der Waals surface area (Å²) in [6.45, 7) is 3.83. The van der Waals surface area contributed by atoms with E-state index in [2.05, 4.69) is 10.6 Å². The highest BCUT2D eigenvalue weighted by Gasteiger charge is 2.35. The van der Waals surface area contributed by atoms with Gasteiger partial charge in [0.15, 0.2) is 0 Å². The van der Waals surface area contributed by atoms with Crippen LogP contribution in [-0.4, -0.2) is 20.1 Å². The molecule has 0 amide bonds. The zero-order valence-corrected chi connectivity index (χ0v) is 10.6. The summed E-state index contributed by atoms with van der Waals surface area (Å²) >= 11 is 0. The van der Waals surface area contributed by atoms with Crippen LogP contribution in [0.15, 0.2) is 18.2 Å². The zero-order chi connectivity index (χ0) is 12.3. The fraction of sp³-hybridized carbons (Fsp3) is 0.571. The summed E-state index contributed by atoms with van der Waals surface area (Å²) < 4.78 is 13.1. The molecule has 94 valence electrons. The third kappa shape index (κ3) is 2.78. The highest BCUT2D eigenvalue weighted by atomic mass is 19.1. The van der Waals surface area contributed by atoms with Crippen molar-refractivity contribution >= 4 is 5.69 Å². The lowest BCUT2D eigenvalue weighted by Gasteiger charge is -2.42. The zero-order valence-electron chi connectivity index (χ0n) is 10.6. The molecule has 2 nitrogen and oxygen atoms in total. The van der Waals surface area contributed by atoms with Crippen molar-refractivity contribution in [2.45, 2.75) is 26.2 Å². The number of benzene rings is 1. The van der Waals surface area contributed by atoms with E-state index < -0.39 is 0 Å². The molecule has 2 N–H and O–H groups in total. The SMILES string of the molecule is CNCC1(CNc2ccc(F)c(C)c2)CCC1. The van der Waals surface area contributed by atoms with Gasteiger partial charge in [0.25, 0.3) is 0 Å². The molecule has 0 heterocycles. The number of hydrogen-bond donors (Lipinski definition) is 2. The van der Waals surface area contributed by atoms with Gasteiger partial charge in [0.2, 0.25) is 0 Å². The third-order valence-electron chi connectivity index (χ3n) is 3.79. The molecule has 0 radical (unpaired) electrons. The average Bonchev–Trinajstić information content (AvgIpc) is 2.26. The first-order valence-electron chi connectivity index (χ1n) is 6.30. The minimum Gasteiger partial charge on any atom is -0.384 e. The minimum absolute atomic E-state index is 0.135. The van der Waals surface area contributed by atoms with Crippen LogP contribution >= 0.6 is 0 Å². The van der Waals surface area contributed by atoms with Crippen LogP contribution in [0.4, 0.5) is 10.1 Å². The monoisotopic (exact) mass is 236 g/mol. The molecule has 0 aromatic heterocycles. The van der Waals surface area contributed by atoms with Crippen molar-refractivity contribution in [3.8, 4) is 0 Å². The molecular weight excluding hydrogens is 215 g/mol. The maximum absolute atomic E-state index is 13.1. The summed E-state index contributed by atoms with van der Waals surface area (Å²) in [5.41, 5.74) is 2.12. The molecule has 1 aliphatic rings. The first-order valence-corrected chi connectivity index (χ1v) is 6.30. The molecule has 0 bridgehead atoms. The van der Waals surface area contributed by atoms with Gasteiger partial charge in [-0.2, -0.15) is 0 Å². The molecule has 0 aliphatic heterocycles. The van der Waals surface area contributed by atoms with Crippen molar-refractivity contribution in [3.05, 3.63) is 29.6 Å². The molecule has 1 aromatic rings. The molecule has 0 unspecified atom stereocenters. The molecule has 3 heteroatoms. The van der Waals surface area contributed by atoms with Crippen LogP contribution in [0.25, 0.3) is 0 Å². The molecule has 0 spiro atoms. The van der Waals surface area contributed by atoms with E-state index in [0.717, 1.165) is 18.8 Å². The summed E-state index contributed by atoms with van der Waals surface area (Å²) in [7, 11) is 2.00. The Morgan fingerprint density at radius 1 is 1.29 bits per heavy atom. The maximum atomic E-state index is 13.1. The fourth-order valence-corrected chi connectivity index (χ4v) is 2.51. The number of nitrogens with one attached hydrogen (secondary N) is 2. The van der Waals surface area contributed by atoms with E-state index in [9.17, 15) is 4.39 Å². The molecule has 1 aromatic carbocycles. The van der Waals surface area contributed by atoms with Crippen LogP contribution in [0.2, 0.25) is 0 Å². The summed E-state index contributed by atoms with van der Waals surface area (Å²) in [6.07, 6.45) is 3.88. The Balaban J connectivity index is 1.94. The lowest BCUT2D eigenvalue weighted by Crippen LogP contribution is -2.44. The summed E-state index contributed by atoms with van der Waals surface area (Å²) in [5.74, 6) is -0.135. The van der Waals surface area contributed by atoms with E-state index in [1.807, 2.05) is 19.2 Å². The molecule has 1 aliphatic carbocycles. The van der Waals surface area contributed by atoms with Gasteiger partial charge in [0, 0.05) is 24.2 Å².